The van der Waals surface area contributed by atoms with Crippen molar-refractivity contribution < 1.29 is 9.53 Å². The molecule has 0 radical (unpaired) electrons. The van der Waals surface area contributed by atoms with E-state index in [2.05, 4.69) is 22.5 Å². The highest BCUT2D eigenvalue weighted by atomic mass is 16.5. The molecule has 0 fully saturated rings. The quantitative estimate of drug-likeness (QED) is 0.834. The largest absolute Gasteiger partial charge is 0.481 e. The predicted molar refractivity (Wildman–Crippen MR) is 70.6 cm³/mol. The van der Waals surface area contributed by atoms with Gasteiger partial charge in [-0.15, -0.1) is 0 Å². The van der Waals surface area contributed by atoms with Crippen LogP contribution >= 0.6 is 0 Å². The van der Waals surface area contributed by atoms with Crippen LogP contribution in [0.4, 0.5) is 5.69 Å². The molecule has 1 unspecified atom stereocenters. The Morgan fingerprint density at radius 2 is 2.28 bits per heavy atom. The summed E-state index contributed by atoms with van der Waals surface area (Å²) in [7, 11) is 1.58. The molecule has 0 saturated heterocycles. The number of carbonyl (C=O) groups excluding carboxylic acids is 1. The summed E-state index contributed by atoms with van der Waals surface area (Å²) in [4.78, 5) is 16.3. The van der Waals surface area contributed by atoms with E-state index in [1.807, 2.05) is 13.0 Å². The molecular formula is C14H18N2O2. The van der Waals surface area contributed by atoms with Crippen LogP contribution in [-0.2, 0) is 4.79 Å². The van der Waals surface area contributed by atoms with Crippen molar-refractivity contribution in [1.29, 1.82) is 0 Å². The maximum absolute atomic E-state index is 12.1. The van der Waals surface area contributed by atoms with Gasteiger partial charge in [-0.25, -0.2) is 4.98 Å². The second-order valence-electron chi connectivity index (χ2n) is 4.46. The molecule has 2 rings (SSSR count). The van der Waals surface area contributed by atoms with Crippen LogP contribution in [0.5, 0.6) is 5.88 Å². The number of allylic oxidation sites excluding steroid dienone is 2. The van der Waals surface area contributed by atoms with Crippen molar-refractivity contribution in [2.24, 2.45) is 5.92 Å². The van der Waals surface area contributed by atoms with Gasteiger partial charge >= 0.3 is 0 Å². The highest BCUT2D eigenvalue weighted by molar-refractivity contribution is 5.93. The molecule has 96 valence electrons. The lowest BCUT2D eigenvalue weighted by molar-refractivity contribution is -0.120. The van der Waals surface area contributed by atoms with Crippen molar-refractivity contribution >= 4 is 11.6 Å². The number of hydrogen-bond acceptors (Lipinski definition) is 3. The lowest BCUT2D eigenvalue weighted by Crippen LogP contribution is -2.24. The molecule has 1 atom stereocenters. The van der Waals surface area contributed by atoms with Crippen molar-refractivity contribution in [2.75, 3.05) is 12.4 Å². The first-order valence-electron chi connectivity index (χ1n) is 6.18. The van der Waals surface area contributed by atoms with Gasteiger partial charge in [0.15, 0.2) is 0 Å². The van der Waals surface area contributed by atoms with Crippen molar-refractivity contribution in [3.05, 3.63) is 30.0 Å². The molecule has 0 aromatic carbocycles. The number of carbonyl (C=O) groups is 1. The molecule has 0 aliphatic heterocycles. The van der Waals surface area contributed by atoms with Crippen molar-refractivity contribution in [3.8, 4) is 5.88 Å². The Kier molecular flexibility index (Phi) is 3.97. The SMILES string of the molecule is COc1ccc(NC(=O)C2CC=CCC2)c(C)n1. The first-order valence-corrected chi connectivity index (χ1v) is 6.18. The van der Waals surface area contributed by atoms with Gasteiger partial charge in [0, 0.05) is 12.0 Å². The van der Waals surface area contributed by atoms with E-state index in [9.17, 15) is 4.79 Å². The molecule has 0 spiro atoms. The first-order chi connectivity index (χ1) is 8.70. The number of aromatic nitrogens is 1. The fourth-order valence-electron chi connectivity index (χ4n) is 2.05. The third-order valence-electron chi connectivity index (χ3n) is 3.17. The van der Waals surface area contributed by atoms with E-state index in [-0.39, 0.29) is 11.8 Å². The molecule has 4 nitrogen and oxygen atoms in total. The van der Waals surface area contributed by atoms with Crippen LogP contribution in [0.25, 0.3) is 0 Å². The van der Waals surface area contributed by atoms with E-state index in [0.29, 0.717) is 5.88 Å². The minimum atomic E-state index is 0.0782. The lowest BCUT2D eigenvalue weighted by atomic mass is 9.93. The maximum Gasteiger partial charge on any atom is 0.227 e. The molecule has 18 heavy (non-hydrogen) atoms. The molecular weight excluding hydrogens is 228 g/mol. The Morgan fingerprint density at radius 3 is 2.89 bits per heavy atom. The van der Waals surface area contributed by atoms with Crippen LogP contribution in [0.15, 0.2) is 24.3 Å². The van der Waals surface area contributed by atoms with Gasteiger partial charge in [0.2, 0.25) is 11.8 Å². The normalized spacial score (nSPS) is 18.4. The topological polar surface area (TPSA) is 51.2 Å². The Balaban J connectivity index is 2.04. The zero-order valence-electron chi connectivity index (χ0n) is 10.8. The van der Waals surface area contributed by atoms with Crippen LogP contribution in [0, 0.1) is 12.8 Å². The van der Waals surface area contributed by atoms with Crippen molar-refractivity contribution in [2.45, 2.75) is 26.2 Å². The fraction of sp³-hybridized carbons (Fsp3) is 0.429. The van der Waals surface area contributed by atoms with E-state index in [4.69, 9.17) is 4.74 Å². The molecule has 1 aliphatic rings. The van der Waals surface area contributed by atoms with Crippen LogP contribution in [0.3, 0.4) is 0 Å². The van der Waals surface area contributed by atoms with E-state index >= 15 is 0 Å². The smallest absolute Gasteiger partial charge is 0.227 e. The average molecular weight is 246 g/mol. The number of methoxy groups -OCH3 is 1. The monoisotopic (exact) mass is 246 g/mol. The summed E-state index contributed by atoms with van der Waals surface area (Å²) < 4.78 is 5.04. The van der Waals surface area contributed by atoms with Crippen molar-refractivity contribution in [1.82, 2.24) is 4.98 Å². The summed E-state index contributed by atoms with van der Waals surface area (Å²) in [6.07, 6.45) is 6.94. The molecule has 1 N–H and O–H groups in total. The van der Waals surface area contributed by atoms with Gasteiger partial charge in [-0.05, 0) is 32.3 Å². The third kappa shape index (κ3) is 2.88. The van der Waals surface area contributed by atoms with Gasteiger partial charge in [-0.3, -0.25) is 4.79 Å². The molecule has 4 heteroatoms. The van der Waals surface area contributed by atoms with Gasteiger partial charge in [0.1, 0.15) is 0 Å². The molecule has 1 aromatic heterocycles. The number of rotatable bonds is 3. The fourth-order valence-corrected chi connectivity index (χ4v) is 2.05. The van der Waals surface area contributed by atoms with Gasteiger partial charge in [-0.2, -0.15) is 0 Å². The zero-order chi connectivity index (χ0) is 13.0. The Bertz CT molecular complexity index is 469. The predicted octanol–water partition coefficient (Wildman–Crippen LogP) is 2.69. The lowest BCUT2D eigenvalue weighted by Gasteiger charge is -2.18. The maximum atomic E-state index is 12.1. The van der Waals surface area contributed by atoms with Crippen LogP contribution in [0.2, 0.25) is 0 Å². The summed E-state index contributed by atoms with van der Waals surface area (Å²) >= 11 is 0. The van der Waals surface area contributed by atoms with Crippen LogP contribution in [0.1, 0.15) is 25.0 Å². The van der Waals surface area contributed by atoms with Gasteiger partial charge in [-0.1, -0.05) is 12.2 Å². The van der Waals surface area contributed by atoms with E-state index in [0.717, 1.165) is 30.6 Å². The minimum absolute atomic E-state index is 0.0782. The summed E-state index contributed by atoms with van der Waals surface area (Å²) in [5, 5.41) is 2.94. The minimum Gasteiger partial charge on any atom is -0.481 e. The highest BCUT2D eigenvalue weighted by Crippen LogP contribution is 2.22. The second kappa shape index (κ2) is 5.67. The van der Waals surface area contributed by atoms with Crippen LogP contribution in [-0.4, -0.2) is 18.0 Å². The summed E-state index contributed by atoms with van der Waals surface area (Å²) in [6, 6.07) is 3.58. The average Bonchev–Trinajstić information content (AvgIpc) is 2.42. The standard InChI is InChI=1S/C14H18N2O2/c1-10-12(8-9-13(15-10)18-2)16-14(17)11-6-4-3-5-7-11/h3-4,8-9,11H,5-7H2,1-2H3,(H,16,17). The van der Waals surface area contributed by atoms with E-state index in [1.54, 1.807) is 13.2 Å². The molecule has 0 saturated carbocycles. The number of pyridine rings is 1. The second-order valence-corrected chi connectivity index (χ2v) is 4.46. The van der Waals surface area contributed by atoms with Gasteiger partial charge in [0.25, 0.3) is 0 Å². The van der Waals surface area contributed by atoms with Gasteiger partial charge < -0.3 is 10.1 Å². The molecule has 1 aliphatic carbocycles. The Labute approximate surface area is 107 Å². The van der Waals surface area contributed by atoms with E-state index in [1.165, 1.54) is 0 Å². The highest BCUT2D eigenvalue weighted by Gasteiger charge is 2.19. The number of nitrogens with one attached hydrogen (secondary N) is 1. The first kappa shape index (κ1) is 12.6. The molecule has 1 amide bonds. The summed E-state index contributed by atoms with van der Waals surface area (Å²) in [6.45, 7) is 1.86. The Morgan fingerprint density at radius 1 is 1.44 bits per heavy atom. The number of ether oxygens (including phenoxy) is 1. The molecule has 1 aromatic rings. The van der Waals surface area contributed by atoms with Crippen molar-refractivity contribution in [3.63, 3.8) is 0 Å². The number of amides is 1. The summed E-state index contributed by atoms with van der Waals surface area (Å²) in [5.74, 6) is 0.719. The van der Waals surface area contributed by atoms with Gasteiger partial charge in [0.05, 0.1) is 18.5 Å². The van der Waals surface area contributed by atoms with E-state index < -0.39 is 0 Å². The number of hydrogen-bond donors (Lipinski definition) is 1. The summed E-state index contributed by atoms with van der Waals surface area (Å²) in [5.41, 5.74) is 1.53. The number of anilines is 1. The number of aryl methyl sites for hydroxylation is 1. The Hall–Kier alpha value is -1.84. The zero-order valence-corrected chi connectivity index (χ0v) is 10.8. The third-order valence-corrected chi connectivity index (χ3v) is 3.17. The molecule has 1 heterocycles. The van der Waals surface area contributed by atoms with Crippen LogP contribution < -0.4 is 10.1 Å². The molecule has 0 bridgehead atoms. The number of nitrogens with zero attached hydrogens (tertiary/aromatic N) is 1.